The van der Waals surface area contributed by atoms with Gasteiger partial charge >= 0.3 is 0 Å². The first-order valence-corrected chi connectivity index (χ1v) is 13.2. The van der Waals surface area contributed by atoms with Crippen LogP contribution < -0.4 is 0 Å². The summed E-state index contributed by atoms with van der Waals surface area (Å²) in [5.41, 5.74) is 2.69. The third kappa shape index (κ3) is 5.28. The fraction of sp³-hybridized carbons (Fsp3) is 0.308. The van der Waals surface area contributed by atoms with Crippen LogP contribution in [0.25, 0.3) is 6.08 Å². The van der Waals surface area contributed by atoms with E-state index >= 15 is 0 Å². The normalized spacial score (nSPS) is 19.5. The number of nitrogens with zero attached hydrogens (tertiary/aromatic N) is 4. The van der Waals surface area contributed by atoms with Crippen molar-refractivity contribution in [2.24, 2.45) is 4.99 Å². The molecule has 8 heteroatoms. The van der Waals surface area contributed by atoms with Crippen LogP contribution in [0.4, 0.5) is 5.69 Å². The average Bonchev–Trinajstić information content (AvgIpc) is 3.38. The Hall–Kier alpha value is -2.84. The van der Waals surface area contributed by atoms with E-state index in [-0.39, 0.29) is 11.9 Å². The summed E-state index contributed by atoms with van der Waals surface area (Å²) >= 11 is 2.80. The molecule has 0 N–H and O–H groups in total. The Morgan fingerprint density at radius 2 is 1.79 bits per heavy atom. The van der Waals surface area contributed by atoms with Crippen LogP contribution in [0.1, 0.15) is 49.3 Å². The first-order valence-electron chi connectivity index (χ1n) is 11.5. The van der Waals surface area contributed by atoms with Gasteiger partial charge in [-0.3, -0.25) is 9.69 Å². The minimum absolute atomic E-state index is 0.00910. The van der Waals surface area contributed by atoms with Crippen LogP contribution in [0.2, 0.25) is 0 Å². The van der Waals surface area contributed by atoms with E-state index in [1.165, 1.54) is 29.9 Å². The topological polar surface area (TPSA) is 71.6 Å². The summed E-state index contributed by atoms with van der Waals surface area (Å²) in [6, 6.07) is 15.7. The van der Waals surface area contributed by atoms with Crippen molar-refractivity contribution < 1.29 is 9.21 Å². The lowest BCUT2D eigenvalue weighted by molar-refractivity contribution is -0.124. The molecule has 0 spiro atoms. The summed E-state index contributed by atoms with van der Waals surface area (Å²) in [5, 5.41) is 2.09. The Kier molecular flexibility index (Phi) is 6.87. The number of thioether (sulfide) groups is 1. The van der Waals surface area contributed by atoms with Crippen molar-refractivity contribution >= 4 is 46.4 Å². The first-order chi connectivity index (χ1) is 16.5. The number of hydrogen-bond donors (Lipinski definition) is 0. The van der Waals surface area contributed by atoms with Gasteiger partial charge in [-0.15, -0.1) is 0 Å². The van der Waals surface area contributed by atoms with Gasteiger partial charge in [0.25, 0.3) is 5.91 Å². The molecule has 2 aromatic heterocycles. The number of amides is 1. The van der Waals surface area contributed by atoms with E-state index in [2.05, 4.69) is 9.97 Å². The zero-order chi connectivity index (χ0) is 23.5. The molecule has 0 radical (unpaired) electrons. The second-order valence-electron chi connectivity index (χ2n) is 8.50. The molecule has 5 rings (SSSR count). The summed E-state index contributed by atoms with van der Waals surface area (Å²) in [4.78, 5) is 29.8. The van der Waals surface area contributed by atoms with Crippen LogP contribution in [0.5, 0.6) is 0 Å². The molecule has 0 bridgehead atoms. The van der Waals surface area contributed by atoms with Gasteiger partial charge in [-0.2, -0.15) is 0 Å². The number of carbonyl (C=O) groups is 1. The van der Waals surface area contributed by atoms with Crippen molar-refractivity contribution in [3.8, 4) is 0 Å². The van der Waals surface area contributed by atoms with Gasteiger partial charge in [0, 0.05) is 23.5 Å². The van der Waals surface area contributed by atoms with Crippen molar-refractivity contribution in [3.05, 3.63) is 70.6 Å². The van der Waals surface area contributed by atoms with Crippen LogP contribution >= 0.6 is 23.5 Å². The molecule has 2 aliphatic rings. The summed E-state index contributed by atoms with van der Waals surface area (Å²) in [6.45, 7) is 3.90. The van der Waals surface area contributed by atoms with E-state index in [1.807, 2.05) is 73.4 Å². The summed E-state index contributed by atoms with van der Waals surface area (Å²) in [6.07, 6.45) is 7.39. The number of benzene rings is 1. The van der Waals surface area contributed by atoms with Gasteiger partial charge in [0.05, 0.1) is 10.6 Å². The monoisotopic (exact) mass is 490 g/mol. The van der Waals surface area contributed by atoms with E-state index in [0.29, 0.717) is 20.9 Å². The predicted octanol–water partition coefficient (Wildman–Crippen LogP) is 6.77. The average molecular weight is 491 g/mol. The number of rotatable bonds is 5. The van der Waals surface area contributed by atoms with Gasteiger partial charge in [-0.25, -0.2) is 15.0 Å². The maximum atomic E-state index is 13.5. The van der Waals surface area contributed by atoms with Gasteiger partial charge in [-0.1, -0.05) is 37.5 Å². The van der Waals surface area contributed by atoms with E-state index in [1.54, 1.807) is 0 Å². The third-order valence-electron chi connectivity index (χ3n) is 5.79. The minimum Gasteiger partial charge on any atom is -0.450 e. The summed E-state index contributed by atoms with van der Waals surface area (Å²) in [5.74, 6) is 0.641. The van der Waals surface area contributed by atoms with Crippen LogP contribution in [0.15, 0.2) is 73.1 Å². The molecule has 0 unspecified atom stereocenters. The molecule has 1 saturated heterocycles. The molecule has 1 aliphatic carbocycles. The van der Waals surface area contributed by atoms with Crippen molar-refractivity contribution in [3.63, 3.8) is 0 Å². The number of furan rings is 1. The van der Waals surface area contributed by atoms with E-state index in [9.17, 15) is 4.79 Å². The Labute approximate surface area is 208 Å². The highest BCUT2D eigenvalue weighted by Crippen LogP contribution is 2.39. The Balaban J connectivity index is 1.40. The highest BCUT2D eigenvalue weighted by molar-refractivity contribution is 8.18. The predicted molar refractivity (Wildman–Crippen MR) is 137 cm³/mol. The van der Waals surface area contributed by atoms with E-state index in [0.717, 1.165) is 47.9 Å². The zero-order valence-electron chi connectivity index (χ0n) is 19.2. The summed E-state index contributed by atoms with van der Waals surface area (Å²) in [7, 11) is 0. The molecule has 6 nitrogen and oxygen atoms in total. The lowest BCUT2D eigenvalue weighted by atomic mass is 9.94. The fourth-order valence-corrected chi connectivity index (χ4v) is 6.14. The van der Waals surface area contributed by atoms with Gasteiger partial charge in [-0.05, 0) is 80.5 Å². The van der Waals surface area contributed by atoms with Crippen molar-refractivity contribution in [2.45, 2.75) is 62.2 Å². The molecule has 174 valence electrons. The molecule has 2 fully saturated rings. The molecule has 0 atom stereocenters. The molecular weight excluding hydrogens is 464 g/mol. The number of aryl methyl sites for hydroxylation is 2. The summed E-state index contributed by atoms with van der Waals surface area (Å²) < 4.78 is 5.99. The number of hydrogen-bond acceptors (Lipinski definition) is 7. The fourth-order valence-electron chi connectivity index (χ4n) is 4.26. The number of aliphatic imine (C=N–C) groups is 1. The van der Waals surface area contributed by atoms with Gasteiger partial charge in [0.15, 0.2) is 15.4 Å². The maximum absolute atomic E-state index is 13.5. The number of para-hydroxylation sites is 1. The Bertz CT molecular complexity index is 1230. The zero-order valence-corrected chi connectivity index (χ0v) is 20.9. The Morgan fingerprint density at radius 1 is 1.06 bits per heavy atom. The smallest absolute Gasteiger partial charge is 0.267 e. The molecule has 1 aromatic carbocycles. The maximum Gasteiger partial charge on any atom is 0.267 e. The largest absolute Gasteiger partial charge is 0.450 e. The second-order valence-corrected chi connectivity index (χ2v) is 10.5. The molecule has 34 heavy (non-hydrogen) atoms. The van der Waals surface area contributed by atoms with E-state index < -0.39 is 0 Å². The van der Waals surface area contributed by atoms with Crippen LogP contribution in [0.3, 0.4) is 0 Å². The molecule has 3 aromatic rings. The van der Waals surface area contributed by atoms with Crippen molar-refractivity contribution in [2.75, 3.05) is 0 Å². The molecule has 1 amide bonds. The highest BCUT2D eigenvalue weighted by Gasteiger charge is 2.38. The highest BCUT2D eigenvalue weighted by atomic mass is 32.2. The number of amidine groups is 1. The van der Waals surface area contributed by atoms with Crippen molar-refractivity contribution in [1.29, 1.82) is 0 Å². The lowest BCUT2D eigenvalue weighted by Gasteiger charge is -2.30. The van der Waals surface area contributed by atoms with Crippen LogP contribution in [-0.4, -0.2) is 32.0 Å². The van der Waals surface area contributed by atoms with Crippen LogP contribution in [-0.2, 0) is 4.79 Å². The lowest BCUT2D eigenvalue weighted by Crippen LogP contribution is -2.40. The quantitative estimate of drug-likeness (QED) is 0.290. The number of aromatic nitrogens is 2. The van der Waals surface area contributed by atoms with Gasteiger partial charge in [0.1, 0.15) is 5.76 Å². The molecular formula is C26H26N4O2S2. The first kappa shape index (κ1) is 22.9. The van der Waals surface area contributed by atoms with Crippen LogP contribution in [0, 0.1) is 13.8 Å². The minimum atomic E-state index is 0.00910. The molecule has 1 saturated carbocycles. The molecule has 1 aliphatic heterocycles. The van der Waals surface area contributed by atoms with Crippen molar-refractivity contribution in [1.82, 2.24) is 14.9 Å². The molecule has 3 heterocycles. The number of carbonyl (C=O) groups excluding carboxylic acids is 1. The third-order valence-corrected chi connectivity index (χ3v) is 7.56. The Morgan fingerprint density at radius 3 is 2.53 bits per heavy atom. The van der Waals surface area contributed by atoms with Gasteiger partial charge in [0.2, 0.25) is 0 Å². The van der Waals surface area contributed by atoms with Gasteiger partial charge < -0.3 is 4.42 Å². The SMILES string of the molecule is Cc1cc(C)nc(Sc2ccc(/C=C3/SC(=Nc4ccccc4)N(C4CCCCC4)C3=O)o2)n1. The standard InChI is InChI=1S/C26H26N4O2S2/c1-17-15-18(2)28-25(27-17)34-23-14-13-21(32-23)16-22-24(31)30(20-11-7-4-8-12-20)26(33-22)29-19-9-5-3-6-10-19/h3,5-6,9-10,13-16,20H,4,7-8,11-12H2,1-2H3/b22-16+,29-26?. The van der Waals surface area contributed by atoms with E-state index in [4.69, 9.17) is 9.41 Å². The second kappa shape index (κ2) is 10.2.